The lowest BCUT2D eigenvalue weighted by Gasteiger charge is -2.15. The van der Waals surface area contributed by atoms with E-state index in [-0.39, 0.29) is 0 Å². The van der Waals surface area contributed by atoms with E-state index in [9.17, 15) is 0 Å². The predicted molar refractivity (Wildman–Crippen MR) is 114 cm³/mol. The summed E-state index contributed by atoms with van der Waals surface area (Å²) >= 11 is 6.08. The van der Waals surface area contributed by atoms with Crippen LogP contribution in [-0.4, -0.2) is 6.26 Å². The molecule has 0 aliphatic heterocycles. The first-order valence-corrected chi connectivity index (χ1v) is 9.49. The van der Waals surface area contributed by atoms with Crippen LogP contribution in [0.4, 0.5) is 5.69 Å². The van der Waals surface area contributed by atoms with Gasteiger partial charge in [-0.25, -0.2) is 0 Å². The van der Waals surface area contributed by atoms with E-state index in [0.29, 0.717) is 11.4 Å². The maximum Gasteiger partial charge on any atom is 0.0488 e. The highest BCUT2D eigenvalue weighted by atomic mass is 32.2. The summed E-state index contributed by atoms with van der Waals surface area (Å²) in [4.78, 5) is 2.14. The SMILES string of the molecule is C=C(N)c1cc(-c2ccc(SC)cc2)cc(-c2ccc(S)cc2)c1N. The molecule has 3 aromatic rings. The molecule has 0 aliphatic rings. The Morgan fingerprint density at radius 3 is 2.08 bits per heavy atom. The molecule has 0 amide bonds. The van der Waals surface area contributed by atoms with Crippen molar-refractivity contribution in [2.45, 2.75) is 9.79 Å². The molecule has 0 unspecified atom stereocenters. The first-order chi connectivity index (χ1) is 12.0. The third-order valence-corrected chi connectivity index (χ3v) is 5.17. The van der Waals surface area contributed by atoms with E-state index in [4.69, 9.17) is 11.5 Å². The molecule has 0 fully saturated rings. The molecule has 0 spiro atoms. The van der Waals surface area contributed by atoms with Crippen LogP contribution in [0.3, 0.4) is 0 Å². The second-order valence-corrected chi connectivity index (χ2v) is 7.18. The van der Waals surface area contributed by atoms with E-state index >= 15 is 0 Å². The average Bonchev–Trinajstić information content (AvgIpc) is 2.62. The lowest BCUT2D eigenvalue weighted by atomic mass is 9.93. The molecule has 3 rings (SSSR count). The van der Waals surface area contributed by atoms with Gasteiger partial charge in [-0.3, -0.25) is 0 Å². The van der Waals surface area contributed by atoms with Crippen LogP contribution in [-0.2, 0) is 0 Å². The summed E-state index contributed by atoms with van der Waals surface area (Å²) in [5.74, 6) is 0. The molecule has 0 atom stereocenters. The summed E-state index contributed by atoms with van der Waals surface area (Å²) in [6.07, 6.45) is 2.07. The summed E-state index contributed by atoms with van der Waals surface area (Å²) in [5.41, 5.74) is 18.4. The largest absolute Gasteiger partial charge is 0.399 e. The summed E-state index contributed by atoms with van der Waals surface area (Å²) in [5, 5.41) is 0. The van der Waals surface area contributed by atoms with E-state index in [0.717, 1.165) is 32.7 Å². The fraction of sp³-hybridized carbons (Fsp3) is 0.0476. The summed E-state index contributed by atoms with van der Waals surface area (Å²) < 4.78 is 0. The molecule has 25 heavy (non-hydrogen) atoms. The molecule has 0 bridgehead atoms. The first kappa shape index (κ1) is 17.5. The quantitative estimate of drug-likeness (QED) is 0.323. The zero-order valence-corrected chi connectivity index (χ0v) is 15.7. The normalized spacial score (nSPS) is 10.6. The van der Waals surface area contributed by atoms with Crippen molar-refractivity contribution in [3.05, 3.63) is 72.8 Å². The van der Waals surface area contributed by atoms with Gasteiger partial charge in [0.1, 0.15) is 0 Å². The van der Waals surface area contributed by atoms with Gasteiger partial charge in [-0.2, -0.15) is 0 Å². The lowest BCUT2D eigenvalue weighted by molar-refractivity contribution is 1.44. The molecular weight excluding hydrogens is 344 g/mol. The zero-order chi connectivity index (χ0) is 18.0. The monoisotopic (exact) mass is 364 g/mol. The predicted octanol–water partition coefficient (Wildman–Crippen LogP) is 5.54. The Morgan fingerprint density at radius 2 is 1.52 bits per heavy atom. The molecule has 0 aromatic heterocycles. The number of rotatable bonds is 4. The number of nitrogens with two attached hydrogens (primary N) is 2. The third kappa shape index (κ3) is 3.70. The molecule has 126 valence electrons. The van der Waals surface area contributed by atoms with Crippen molar-refractivity contribution in [2.75, 3.05) is 12.0 Å². The van der Waals surface area contributed by atoms with Gasteiger partial charge >= 0.3 is 0 Å². The highest BCUT2D eigenvalue weighted by Crippen LogP contribution is 2.36. The van der Waals surface area contributed by atoms with Crippen molar-refractivity contribution >= 4 is 35.8 Å². The Labute approximate surface area is 158 Å². The molecule has 2 nitrogen and oxygen atoms in total. The number of thioether (sulfide) groups is 1. The van der Waals surface area contributed by atoms with Crippen LogP contribution in [0.25, 0.3) is 28.0 Å². The third-order valence-electron chi connectivity index (χ3n) is 4.13. The topological polar surface area (TPSA) is 52.0 Å². The van der Waals surface area contributed by atoms with Crippen LogP contribution in [0.2, 0.25) is 0 Å². The van der Waals surface area contributed by atoms with Gasteiger partial charge in [-0.05, 0) is 59.3 Å². The summed E-state index contributed by atoms with van der Waals surface area (Å²) in [7, 11) is 0. The van der Waals surface area contributed by atoms with Crippen LogP contribution < -0.4 is 11.5 Å². The van der Waals surface area contributed by atoms with Crippen molar-refractivity contribution in [2.24, 2.45) is 5.73 Å². The number of anilines is 1. The zero-order valence-electron chi connectivity index (χ0n) is 14.0. The van der Waals surface area contributed by atoms with Gasteiger partial charge in [0, 0.05) is 32.3 Å². The Morgan fingerprint density at radius 1 is 0.920 bits per heavy atom. The van der Waals surface area contributed by atoms with Crippen molar-refractivity contribution in [3.8, 4) is 22.3 Å². The Kier molecular flexibility index (Phi) is 5.11. The highest BCUT2D eigenvalue weighted by molar-refractivity contribution is 7.98. The molecule has 0 radical (unpaired) electrons. The minimum absolute atomic E-state index is 0.465. The molecular formula is C21H20N2S2. The minimum Gasteiger partial charge on any atom is -0.399 e. The van der Waals surface area contributed by atoms with Crippen LogP contribution in [0.15, 0.2) is 77.0 Å². The van der Waals surface area contributed by atoms with E-state index in [2.05, 4.69) is 55.8 Å². The van der Waals surface area contributed by atoms with E-state index in [1.807, 2.05) is 30.3 Å². The molecule has 0 aliphatic carbocycles. The number of thiol groups is 1. The fourth-order valence-corrected chi connectivity index (χ4v) is 3.31. The highest BCUT2D eigenvalue weighted by Gasteiger charge is 2.12. The minimum atomic E-state index is 0.465. The Balaban J connectivity index is 2.19. The number of hydrogen-bond donors (Lipinski definition) is 3. The van der Waals surface area contributed by atoms with E-state index in [1.165, 1.54) is 4.90 Å². The Hall–Kier alpha value is -2.30. The smallest absolute Gasteiger partial charge is 0.0488 e. The van der Waals surface area contributed by atoms with Gasteiger partial charge in [0.15, 0.2) is 0 Å². The summed E-state index contributed by atoms with van der Waals surface area (Å²) in [6, 6.07) is 20.5. The van der Waals surface area contributed by atoms with Crippen LogP contribution in [0, 0.1) is 0 Å². The maximum absolute atomic E-state index is 6.38. The van der Waals surface area contributed by atoms with Crippen molar-refractivity contribution in [3.63, 3.8) is 0 Å². The van der Waals surface area contributed by atoms with Gasteiger partial charge in [0.25, 0.3) is 0 Å². The fourth-order valence-electron chi connectivity index (χ4n) is 2.75. The molecule has 3 aromatic carbocycles. The van der Waals surface area contributed by atoms with Crippen LogP contribution in [0.5, 0.6) is 0 Å². The van der Waals surface area contributed by atoms with E-state index < -0.39 is 0 Å². The van der Waals surface area contributed by atoms with E-state index in [1.54, 1.807) is 11.8 Å². The van der Waals surface area contributed by atoms with Gasteiger partial charge < -0.3 is 11.5 Å². The van der Waals surface area contributed by atoms with Gasteiger partial charge in [0.2, 0.25) is 0 Å². The van der Waals surface area contributed by atoms with Gasteiger partial charge in [-0.15, -0.1) is 24.4 Å². The van der Waals surface area contributed by atoms with Crippen LogP contribution >= 0.6 is 24.4 Å². The molecule has 4 N–H and O–H groups in total. The van der Waals surface area contributed by atoms with Gasteiger partial charge in [0.05, 0.1) is 0 Å². The standard InChI is InChI=1S/C21H20N2S2/c1-13(22)19-11-16(14-5-9-18(25-2)10-6-14)12-20(21(19)23)15-3-7-17(24)8-4-15/h3-12,24H,1,22-23H2,2H3. The summed E-state index contributed by atoms with van der Waals surface area (Å²) in [6.45, 7) is 3.88. The first-order valence-electron chi connectivity index (χ1n) is 7.81. The molecule has 0 saturated heterocycles. The second-order valence-electron chi connectivity index (χ2n) is 5.79. The van der Waals surface area contributed by atoms with Crippen molar-refractivity contribution in [1.82, 2.24) is 0 Å². The lowest BCUT2D eigenvalue weighted by Crippen LogP contribution is -2.02. The molecule has 0 heterocycles. The second kappa shape index (κ2) is 7.30. The van der Waals surface area contributed by atoms with Crippen molar-refractivity contribution < 1.29 is 0 Å². The molecule has 4 heteroatoms. The van der Waals surface area contributed by atoms with Crippen LogP contribution in [0.1, 0.15) is 5.56 Å². The average molecular weight is 365 g/mol. The maximum atomic E-state index is 6.38. The number of nitrogen functional groups attached to an aromatic ring is 1. The number of benzene rings is 3. The Bertz CT molecular complexity index is 914. The van der Waals surface area contributed by atoms with Gasteiger partial charge in [-0.1, -0.05) is 30.8 Å². The van der Waals surface area contributed by atoms with Crippen molar-refractivity contribution in [1.29, 1.82) is 0 Å². The number of hydrogen-bond acceptors (Lipinski definition) is 4. The molecule has 0 saturated carbocycles.